The summed E-state index contributed by atoms with van der Waals surface area (Å²) in [4.78, 5) is 11.3. The lowest BCUT2D eigenvalue weighted by atomic mass is 10.2. The van der Waals surface area contributed by atoms with Crippen molar-refractivity contribution >= 4 is 17.7 Å². The minimum atomic E-state index is -4.41. The van der Waals surface area contributed by atoms with Gasteiger partial charge in [-0.15, -0.1) is 5.10 Å². The summed E-state index contributed by atoms with van der Waals surface area (Å²) in [5, 5.41) is 13.2. The van der Waals surface area contributed by atoms with E-state index in [1.54, 1.807) is 5.32 Å². The van der Waals surface area contributed by atoms with E-state index in [1.165, 1.54) is 4.68 Å². The standard InChI is InChI=1S/C10H14F3N5O2S/c11-10(12,13)6-14-8(19)5-21-9-15-16-17-18(9)4-7-2-1-3-20-7/h7H,1-6H2,(H,14,19)/t7-/m0/s1. The van der Waals surface area contributed by atoms with Gasteiger partial charge in [0.2, 0.25) is 11.1 Å². The largest absolute Gasteiger partial charge is 0.405 e. The molecule has 1 saturated heterocycles. The summed E-state index contributed by atoms with van der Waals surface area (Å²) < 4.78 is 42.8. The van der Waals surface area contributed by atoms with E-state index >= 15 is 0 Å². The Morgan fingerprint density at radius 1 is 1.52 bits per heavy atom. The third kappa shape index (κ3) is 5.50. The number of tetrazole rings is 1. The van der Waals surface area contributed by atoms with Crippen LogP contribution in [0.3, 0.4) is 0 Å². The Hall–Kier alpha value is -1.36. The molecule has 2 rings (SSSR count). The number of carbonyl (C=O) groups excluding carboxylic acids is 1. The van der Waals surface area contributed by atoms with E-state index in [0.717, 1.165) is 24.6 Å². The van der Waals surface area contributed by atoms with Crippen LogP contribution in [0.2, 0.25) is 0 Å². The zero-order valence-corrected chi connectivity index (χ0v) is 11.8. The summed E-state index contributed by atoms with van der Waals surface area (Å²) in [6.45, 7) is -0.165. The van der Waals surface area contributed by atoms with E-state index in [4.69, 9.17) is 4.74 Å². The van der Waals surface area contributed by atoms with Gasteiger partial charge in [0.25, 0.3) is 0 Å². The molecular formula is C10H14F3N5O2S. The van der Waals surface area contributed by atoms with Gasteiger partial charge in [-0.1, -0.05) is 11.8 Å². The molecule has 1 N–H and O–H groups in total. The van der Waals surface area contributed by atoms with Crippen LogP contribution in [0.15, 0.2) is 5.16 Å². The molecule has 0 bridgehead atoms. The zero-order valence-electron chi connectivity index (χ0n) is 11.0. The number of ether oxygens (including phenoxy) is 1. The van der Waals surface area contributed by atoms with E-state index < -0.39 is 18.6 Å². The Labute approximate surface area is 122 Å². The lowest BCUT2D eigenvalue weighted by molar-refractivity contribution is -0.136. The SMILES string of the molecule is O=C(CSc1nnnn1C[C@@H]1CCCO1)NCC(F)(F)F. The second kappa shape index (κ2) is 7.07. The molecule has 11 heteroatoms. The molecular weight excluding hydrogens is 311 g/mol. The maximum Gasteiger partial charge on any atom is 0.405 e. The molecule has 1 atom stereocenters. The van der Waals surface area contributed by atoms with Crippen LogP contribution in [0.1, 0.15) is 12.8 Å². The number of hydrogen-bond acceptors (Lipinski definition) is 6. The second-order valence-corrected chi connectivity index (χ2v) is 5.40. The van der Waals surface area contributed by atoms with E-state index in [9.17, 15) is 18.0 Å². The Bertz CT molecular complexity index is 476. The van der Waals surface area contributed by atoms with Crippen molar-refractivity contribution in [2.24, 2.45) is 0 Å². The van der Waals surface area contributed by atoms with Crippen molar-refractivity contribution < 1.29 is 22.7 Å². The van der Waals surface area contributed by atoms with Gasteiger partial charge >= 0.3 is 6.18 Å². The summed E-state index contributed by atoms with van der Waals surface area (Å²) in [5.41, 5.74) is 0. The smallest absolute Gasteiger partial charge is 0.376 e. The second-order valence-electron chi connectivity index (χ2n) is 4.46. The molecule has 0 saturated carbocycles. The van der Waals surface area contributed by atoms with Crippen LogP contribution in [0.25, 0.3) is 0 Å². The average molecular weight is 325 g/mol. The third-order valence-electron chi connectivity index (χ3n) is 2.72. The van der Waals surface area contributed by atoms with Crippen LogP contribution in [0, 0.1) is 0 Å². The fraction of sp³-hybridized carbons (Fsp3) is 0.800. The molecule has 1 aromatic rings. The van der Waals surface area contributed by atoms with Gasteiger partial charge in [0.15, 0.2) is 0 Å². The fourth-order valence-electron chi connectivity index (χ4n) is 1.78. The number of alkyl halides is 3. The summed E-state index contributed by atoms with van der Waals surface area (Å²) in [6, 6.07) is 0. The fourth-order valence-corrected chi connectivity index (χ4v) is 2.49. The normalized spacial score (nSPS) is 18.9. The molecule has 0 unspecified atom stereocenters. The van der Waals surface area contributed by atoms with E-state index in [0.29, 0.717) is 18.3 Å². The van der Waals surface area contributed by atoms with E-state index in [1.807, 2.05) is 0 Å². The third-order valence-corrected chi connectivity index (χ3v) is 3.68. The van der Waals surface area contributed by atoms with Crippen molar-refractivity contribution in [1.82, 2.24) is 25.5 Å². The number of nitrogens with zero attached hydrogens (tertiary/aromatic N) is 4. The summed E-state index contributed by atoms with van der Waals surface area (Å²) >= 11 is 0.988. The van der Waals surface area contributed by atoms with Crippen LogP contribution >= 0.6 is 11.8 Å². The maximum absolute atomic E-state index is 11.9. The van der Waals surface area contributed by atoms with Crippen LogP contribution in [0.4, 0.5) is 13.2 Å². The molecule has 0 spiro atoms. The molecule has 1 aliphatic rings. The number of nitrogens with one attached hydrogen (secondary N) is 1. The molecule has 1 aromatic heterocycles. The number of rotatable bonds is 6. The van der Waals surface area contributed by atoms with Crippen LogP contribution in [-0.2, 0) is 16.1 Å². The predicted octanol–water partition coefficient (Wildman–Crippen LogP) is 0.623. The Balaban J connectivity index is 1.77. The average Bonchev–Trinajstić information content (AvgIpc) is 3.05. The summed E-state index contributed by atoms with van der Waals surface area (Å²) in [6.07, 6.45) is -2.49. The summed E-state index contributed by atoms with van der Waals surface area (Å²) in [5.74, 6) is -0.897. The minimum Gasteiger partial charge on any atom is -0.376 e. The molecule has 1 fully saturated rings. The van der Waals surface area contributed by atoms with Gasteiger partial charge in [0.1, 0.15) is 6.54 Å². The first-order valence-corrected chi connectivity index (χ1v) is 7.26. The zero-order chi connectivity index (χ0) is 15.3. The topological polar surface area (TPSA) is 81.9 Å². The Morgan fingerprint density at radius 3 is 3.00 bits per heavy atom. The van der Waals surface area contributed by atoms with E-state index in [-0.39, 0.29) is 11.9 Å². The van der Waals surface area contributed by atoms with Gasteiger partial charge in [-0.2, -0.15) is 13.2 Å². The Kier molecular flexibility index (Phi) is 5.39. The molecule has 1 amide bonds. The highest BCUT2D eigenvalue weighted by atomic mass is 32.2. The number of carbonyl (C=O) groups is 1. The minimum absolute atomic E-state index is 0.0342. The number of halogens is 3. The molecule has 0 aromatic carbocycles. The number of thioether (sulfide) groups is 1. The summed E-state index contributed by atoms with van der Waals surface area (Å²) in [7, 11) is 0. The quantitative estimate of drug-likeness (QED) is 0.772. The Morgan fingerprint density at radius 2 is 2.33 bits per heavy atom. The molecule has 2 heterocycles. The maximum atomic E-state index is 11.9. The number of hydrogen-bond donors (Lipinski definition) is 1. The van der Waals surface area contributed by atoms with Gasteiger partial charge in [-0.05, 0) is 23.3 Å². The van der Waals surface area contributed by atoms with Gasteiger partial charge in [-0.25, -0.2) is 4.68 Å². The molecule has 118 valence electrons. The van der Waals surface area contributed by atoms with Crippen molar-refractivity contribution in [1.29, 1.82) is 0 Å². The highest BCUT2D eigenvalue weighted by Gasteiger charge is 2.27. The highest BCUT2D eigenvalue weighted by molar-refractivity contribution is 7.99. The highest BCUT2D eigenvalue weighted by Crippen LogP contribution is 2.18. The number of amides is 1. The van der Waals surface area contributed by atoms with Gasteiger partial charge in [0.05, 0.1) is 18.4 Å². The predicted molar refractivity (Wildman–Crippen MR) is 66.6 cm³/mol. The van der Waals surface area contributed by atoms with Gasteiger partial charge < -0.3 is 10.1 Å². The van der Waals surface area contributed by atoms with Gasteiger partial charge in [-0.3, -0.25) is 4.79 Å². The molecule has 21 heavy (non-hydrogen) atoms. The lowest BCUT2D eigenvalue weighted by Crippen LogP contribution is -2.34. The van der Waals surface area contributed by atoms with Crippen molar-refractivity contribution in [3.63, 3.8) is 0 Å². The monoisotopic (exact) mass is 325 g/mol. The van der Waals surface area contributed by atoms with Crippen molar-refractivity contribution in [2.75, 3.05) is 18.9 Å². The van der Waals surface area contributed by atoms with Crippen LogP contribution in [0.5, 0.6) is 0 Å². The first-order chi connectivity index (χ1) is 9.94. The lowest BCUT2D eigenvalue weighted by Gasteiger charge is -2.10. The van der Waals surface area contributed by atoms with Crippen LogP contribution in [-0.4, -0.2) is 57.3 Å². The molecule has 0 aliphatic carbocycles. The van der Waals surface area contributed by atoms with Crippen LogP contribution < -0.4 is 5.32 Å². The van der Waals surface area contributed by atoms with E-state index in [2.05, 4.69) is 15.5 Å². The molecule has 7 nitrogen and oxygen atoms in total. The van der Waals surface area contributed by atoms with Crippen molar-refractivity contribution in [3.05, 3.63) is 0 Å². The van der Waals surface area contributed by atoms with Gasteiger partial charge in [0, 0.05) is 6.61 Å². The number of aromatic nitrogens is 4. The van der Waals surface area contributed by atoms with Crippen molar-refractivity contribution in [3.8, 4) is 0 Å². The molecule has 0 radical (unpaired) electrons. The van der Waals surface area contributed by atoms with Crippen molar-refractivity contribution in [2.45, 2.75) is 36.8 Å². The first-order valence-electron chi connectivity index (χ1n) is 6.28. The molecule has 1 aliphatic heterocycles. The first kappa shape index (κ1) is 16.0.